The maximum Gasteiger partial charge on any atom is 0.237 e. The van der Waals surface area contributed by atoms with Gasteiger partial charge in [0.1, 0.15) is 0 Å². The molecule has 3 unspecified atom stereocenters. The molecule has 4 heteroatoms. The number of carbonyl (C=O) groups excluding carboxylic acids is 1. The molecule has 0 aromatic carbocycles. The predicted molar refractivity (Wildman–Crippen MR) is 87.1 cm³/mol. The summed E-state index contributed by atoms with van der Waals surface area (Å²) in [5.74, 6) is 0.443. The summed E-state index contributed by atoms with van der Waals surface area (Å²) in [5, 5.41) is 3.28. The van der Waals surface area contributed by atoms with E-state index in [-0.39, 0.29) is 5.91 Å². The average molecular weight is 298 g/mol. The molecule has 1 aliphatic carbocycles. The van der Waals surface area contributed by atoms with Gasteiger partial charge in [-0.15, -0.1) is 0 Å². The highest BCUT2D eigenvalue weighted by Gasteiger charge is 2.29. The van der Waals surface area contributed by atoms with Gasteiger partial charge in [0.05, 0.1) is 11.6 Å². The van der Waals surface area contributed by atoms with Crippen molar-refractivity contribution in [3.8, 4) is 0 Å². The van der Waals surface area contributed by atoms with Gasteiger partial charge in [-0.05, 0) is 57.9 Å². The first-order chi connectivity index (χ1) is 9.99. The number of ether oxygens (including phenoxy) is 1. The third kappa shape index (κ3) is 6.35. The van der Waals surface area contributed by atoms with Crippen LogP contribution in [-0.4, -0.2) is 30.7 Å². The molecule has 1 amide bonds. The molecule has 1 saturated carbocycles. The van der Waals surface area contributed by atoms with Crippen molar-refractivity contribution in [1.82, 2.24) is 5.32 Å². The standard InChI is InChI=1S/C17H34N2O2/c1-4-12-19-17(3,16(18)20)11-7-8-13-21-15-10-6-5-9-14(15)2/h14-15,19H,4-13H2,1-3H3,(H2,18,20). The third-order valence-corrected chi connectivity index (χ3v) is 4.74. The van der Waals surface area contributed by atoms with E-state index >= 15 is 0 Å². The summed E-state index contributed by atoms with van der Waals surface area (Å²) in [7, 11) is 0. The number of unbranched alkanes of at least 4 members (excludes halogenated alkanes) is 1. The largest absolute Gasteiger partial charge is 0.378 e. The van der Waals surface area contributed by atoms with E-state index in [1.807, 2.05) is 6.92 Å². The van der Waals surface area contributed by atoms with Gasteiger partial charge < -0.3 is 15.8 Å². The monoisotopic (exact) mass is 298 g/mol. The van der Waals surface area contributed by atoms with Gasteiger partial charge in [0, 0.05) is 6.61 Å². The first kappa shape index (κ1) is 18.4. The molecule has 0 bridgehead atoms. The van der Waals surface area contributed by atoms with Gasteiger partial charge in [-0.25, -0.2) is 0 Å². The lowest BCUT2D eigenvalue weighted by Gasteiger charge is -2.29. The molecule has 0 radical (unpaired) electrons. The molecule has 0 aromatic heterocycles. The van der Waals surface area contributed by atoms with Crippen LogP contribution in [-0.2, 0) is 9.53 Å². The van der Waals surface area contributed by atoms with Crippen molar-refractivity contribution < 1.29 is 9.53 Å². The normalized spacial score (nSPS) is 25.5. The number of nitrogens with two attached hydrogens (primary N) is 1. The summed E-state index contributed by atoms with van der Waals surface area (Å²) in [6.07, 6.45) is 9.36. The molecule has 1 rings (SSSR count). The Labute approximate surface area is 130 Å². The minimum absolute atomic E-state index is 0.252. The maximum atomic E-state index is 11.6. The van der Waals surface area contributed by atoms with Gasteiger partial charge in [0.25, 0.3) is 0 Å². The van der Waals surface area contributed by atoms with E-state index in [1.165, 1.54) is 25.7 Å². The summed E-state index contributed by atoms with van der Waals surface area (Å²) in [6.45, 7) is 7.93. The molecular weight excluding hydrogens is 264 g/mol. The van der Waals surface area contributed by atoms with Crippen LogP contribution in [0, 0.1) is 5.92 Å². The van der Waals surface area contributed by atoms with Gasteiger partial charge in [-0.1, -0.05) is 26.7 Å². The van der Waals surface area contributed by atoms with Gasteiger partial charge in [0.2, 0.25) is 5.91 Å². The fraction of sp³-hybridized carbons (Fsp3) is 0.941. The minimum atomic E-state index is -0.575. The van der Waals surface area contributed by atoms with E-state index in [1.54, 1.807) is 0 Å². The van der Waals surface area contributed by atoms with Gasteiger partial charge in [-0.2, -0.15) is 0 Å². The lowest BCUT2D eigenvalue weighted by Crippen LogP contribution is -2.53. The number of hydrogen-bond donors (Lipinski definition) is 2. The minimum Gasteiger partial charge on any atom is -0.378 e. The molecule has 124 valence electrons. The molecule has 3 N–H and O–H groups in total. The topological polar surface area (TPSA) is 64.3 Å². The van der Waals surface area contributed by atoms with Crippen molar-refractivity contribution in [3.05, 3.63) is 0 Å². The van der Waals surface area contributed by atoms with Crippen molar-refractivity contribution in [2.24, 2.45) is 11.7 Å². The van der Waals surface area contributed by atoms with E-state index in [9.17, 15) is 4.79 Å². The number of amides is 1. The number of nitrogens with one attached hydrogen (secondary N) is 1. The summed E-state index contributed by atoms with van der Waals surface area (Å²) < 4.78 is 6.01. The zero-order chi connectivity index (χ0) is 15.7. The van der Waals surface area contributed by atoms with Crippen LogP contribution < -0.4 is 11.1 Å². The molecule has 4 nitrogen and oxygen atoms in total. The molecule has 21 heavy (non-hydrogen) atoms. The van der Waals surface area contributed by atoms with Crippen LogP contribution in [0.5, 0.6) is 0 Å². The Morgan fingerprint density at radius 3 is 2.67 bits per heavy atom. The summed E-state index contributed by atoms with van der Waals surface area (Å²) in [4.78, 5) is 11.6. The zero-order valence-corrected chi connectivity index (χ0v) is 14.1. The molecule has 1 aliphatic rings. The van der Waals surface area contributed by atoms with E-state index < -0.39 is 5.54 Å². The van der Waals surface area contributed by atoms with Crippen LogP contribution in [0.1, 0.15) is 72.1 Å². The summed E-state index contributed by atoms with van der Waals surface area (Å²) in [6, 6.07) is 0. The van der Waals surface area contributed by atoms with Gasteiger partial charge in [0.15, 0.2) is 0 Å². The predicted octanol–water partition coefficient (Wildman–Crippen LogP) is 3.00. The molecule has 0 aromatic rings. The van der Waals surface area contributed by atoms with Crippen LogP contribution in [0.2, 0.25) is 0 Å². The SMILES string of the molecule is CCCNC(C)(CCCCOC1CCCCC1C)C(N)=O. The second-order valence-corrected chi connectivity index (χ2v) is 6.75. The Kier molecular flexibility index (Phi) is 8.27. The fourth-order valence-electron chi connectivity index (χ4n) is 3.04. The third-order valence-electron chi connectivity index (χ3n) is 4.74. The molecule has 0 aliphatic heterocycles. The molecule has 0 heterocycles. The average Bonchev–Trinajstić information content (AvgIpc) is 2.46. The molecule has 1 fully saturated rings. The first-order valence-electron chi connectivity index (χ1n) is 8.66. The molecule has 3 atom stereocenters. The Morgan fingerprint density at radius 2 is 2.05 bits per heavy atom. The highest BCUT2D eigenvalue weighted by molar-refractivity contribution is 5.84. The molecule has 0 saturated heterocycles. The number of hydrogen-bond acceptors (Lipinski definition) is 3. The van der Waals surface area contributed by atoms with Crippen molar-refractivity contribution in [1.29, 1.82) is 0 Å². The smallest absolute Gasteiger partial charge is 0.237 e. The van der Waals surface area contributed by atoms with Crippen LogP contribution in [0.15, 0.2) is 0 Å². The Hall–Kier alpha value is -0.610. The highest BCUT2D eigenvalue weighted by Crippen LogP contribution is 2.26. The highest BCUT2D eigenvalue weighted by atomic mass is 16.5. The van der Waals surface area contributed by atoms with E-state index in [4.69, 9.17) is 10.5 Å². The van der Waals surface area contributed by atoms with Gasteiger partial charge >= 0.3 is 0 Å². The van der Waals surface area contributed by atoms with Gasteiger partial charge in [-0.3, -0.25) is 4.79 Å². The second kappa shape index (κ2) is 9.42. The van der Waals surface area contributed by atoms with Crippen molar-refractivity contribution in [2.75, 3.05) is 13.2 Å². The van der Waals surface area contributed by atoms with Crippen LogP contribution in [0.3, 0.4) is 0 Å². The number of rotatable bonds is 10. The lowest BCUT2D eigenvalue weighted by molar-refractivity contribution is -0.124. The van der Waals surface area contributed by atoms with Crippen molar-refractivity contribution >= 4 is 5.91 Å². The summed E-state index contributed by atoms with van der Waals surface area (Å²) in [5.41, 5.74) is 4.95. The first-order valence-corrected chi connectivity index (χ1v) is 8.66. The van der Waals surface area contributed by atoms with Crippen LogP contribution in [0.4, 0.5) is 0 Å². The van der Waals surface area contributed by atoms with Crippen LogP contribution >= 0.6 is 0 Å². The van der Waals surface area contributed by atoms with Crippen molar-refractivity contribution in [2.45, 2.75) is 83.8 Å². The lowest BCUT2D eigenvalue weighted by atomic mass is 9.88. The fourth-order valence-corrected chi connectivity index (χ4v) is 3.04. The summed E-state index contributed by atoms with van der Waals surface area (Å²) >= 11 is 0. The number of primary amides is 1. The zero-order valence-electron chi connectivity index (χ0n) is 14.1. The Balaban J connectivity index is 2.20. The van der Waals surface area contributed by atoms with Crippen molar-refractivity contribution in [3.63, 3.8) is 0 Å². The van der Waals surface area contributed by atoms with E-state index in [2.05, 4.69) is 19.2 Å². The number of carbonyl (C=O) groups is 1. The molecule has 0 spiro atoms. The van der Waals surface area contributed by atoms with Crippen LogP contribution in [0.25, 0.3) is 0 Å². The maximum absolute atomic E-state index is 11.6. The van der Waals surface area contributed by atoms with E-state index in [0.29, 0.717) is 12.0 Å². The Bertz CT molecular complexity index is 309. The van der Waals surface area contributed by atoms with E-state index in [0.717, 1.165) is 38.8 Å². The second-order valence-electron chi connectivity index (χ2n) is 6.75. The quantitative estimate of drug-likeness (QED) is 0.609. The Morgan fingerprint density at radius 1 is 1.33 bits per heavy atom. The molecular formula is C17H34N2O2.